The number of aromatic amines is 1. The first kappa shape index (κ1) is 14.3. The molecule has 9 heteroatoms. The molecule has 2 rings (SSSR count). The highest BCUT2D eigenvalue weighted by Crippen LogP contribution is 2.20. The molecule has 2 aromatic heterocycles. The Morgan fingerprint density at radius 1 is 1.47 bits per heavy atom. The molecule has 0 saturated carbocycles. The zero-order valence-electron chi connectivity index (χ0n) is 9.38. The second kappa shape index (κ2) is 5.45. The van der Waals surface area contributed by atoms with Crippen molar-refractivity contribution in [3.8, 4) is 0 Å². The summed E-state index contributed by atoms with van der Waals surface area (Å²) in [6.07, 6.45) is 1.15. The van der Waals surface area contributed by atoms with E-state index in [0.717, 1.165) is 21.6 Å². The molecule has 2 aromatic rings. The molecule has 102 valence electrons. The summed E-state index contributed by atoms with van der Waals surface area (Å²) in [5.74, 6) is -1.20. The average molecular weight is 365 g/mol. The molecule has 0 unspecified atom stereocenters. The summed E-state index contributed by atoms with van der Waals surface area (Å²) in [5, 5.41) is 10.6. The van der Waals surface area contributed by atoms with Crippen LogP contribution in [0.15, 0.2) is 33.1 Å². The first-order valence-corrected chi connectivity index (χ1v) is 8.18. The van der Waals surface area contributed by atoms with E-state index in [0.29, 0.717) is 0 Å². The summed E-state index contributed by atoms with van der Waals surface area (Å²) in [7, 11) is -3.72. The molecule has 0 spiro atoms. The topological polar surface area (TPSA) is 99.3 Å². The van der Waals surface area contributed by atoms with Gasteiger partial charge in [-0.15, -0.1) is 11.3 Å². The number of halogens is 1. The smallest absolute Gasteiger partial charge is 0.352 e. The number of sulfonamides is 1. The monoisotopic (exact) mass is 364 g/mol. The van der Waals surface area contributed by atoms with Gasteiger partial charge < -0.3 is 10.1 Å². The molecular weight excluding hydrogens is 356 g/mol. The number of aromatic carboxylic acids is 1. The number of rotatable bonds is 5. The Morgan fingerprint density at radius 3 is 2.74 bits per heavy atom. The minimum absolute atomic E-state index is 0.0967. The minimum Gasteiger partial charge on any atom is -0.477 e. The molecule has 0 aliphatic rings. The first-order chi connectivity index (χ1) is 8.88. The van der Waals surface area contributed by atoms with Gasteiger partial charge in [-0.05, 0) is 28.1 Å². The summed E-state index contributed by atoms with van der Waals surface area (Å²) in [6.45, 7) is 0.159. The maximum absolute atomic E-state index is 11.9. The molecule has 0 radical (unpaired) electrons. The van der Waals surface area contributed by atoms with E-state index in [1.165, 1.54) is 11.3 Å². The average Bonchev–Trinajstić information content (AvgIpc) is 2.95. The molecule has 0 aromatic carbocycles. The Labute approximate surface area is 121 Å². The molecular formula is C10H9BrN2O4S2. The minimum atomic E-state index is -3.72. The molecule has 0 amide bonds. The van der Waals surface area contributed by atoms with Crippen LogP contribution in [0.2, 0.25) is 0 Å². The van der Waals surface area contributed by atoms with Gasteiger partial charge in [0.15, 0.2) is 0 Å². The standard InChI is InChI=1S/C10H9BrN2O4S2/c11-6-1-7(18-5-6)3-13-19(16,17)8-2-9(10(14)15)12-4-8/h1-2,4-5,12-13H,3H2,(H,14,15). The lowest BCUT2D eigenvalue weighted by atomic mass is 10.4. The summed E-state index contributed by atoms with van der Waals surface area (Å²) >= 11 is 4.70. The number of hydrogen-bond acceptors (Lipinski definition) is 4. The summed E-state index contributed by atoms with van der Waals surface area (Å²) in [6, 6.07) is 2.89. The fourth-order valence-corrected chi connectivity index (χ4v) is 3.83. The van der Waals surface area contributed by atoms with Crippen LogP contribution in [0.3, 0.4) is 0 Å². The molecule has 0 aliphatic carbocycles. The van der Waals surface area contributed by atoms with Gasteiger partial charge in [-0.2, -0.15) is 0 Å². The SMILES string of the molecule is O=C(O)c1cc(S(=O)(=O)NCc2cc(Br)cs2)c[nH]1. The molecule has 0 fully saturated rings. The van der Waals surface area contributed by atoms with Gasteiger partial charge in [-0.1, -0.05) is 0 Å². The van der Waals surface area contributed by atoms with E-state index in [9.17, 15) is 13.2 Å². The highest BCUT2D eigenvalue weighted by Gasteiger charge is 2.18. The Morgan fingerprint density at radius 2 is 2.21 bits per heavy atom. The van der Waals surface area contributed by atoms with E-state index in [-0.39, 0.29) is 17.1 Å². The number of hydrogen-bond donors (Lipinski definition) is 3. The van der Waals surface area contributed by atoms with Gasteiger partial charge in [-0.25, -0.2) is 17.9 Å². The van der Waals surface area contributed by atoms with Crippen LogP contribution in [0.1, 0.15) is 15.4 Å². The number of thiophene rings is 1. The van der Waals surface area contributed by atoms with E-state index >= 15 is 0 Å². The number of nitrogens with one attached hydrogen (secondary N) is 2. The zero-order valence-corrected chi connectivity index (χ0v) is 12.6. The van der Waals surface area contributed by atoms with E-state index in [4.69, 9.17) is 5.11 Å². The van der Waals surface area contributed by atoms with Crippen molar-refractivity contribution in [3.63, 3.8) is 0 Å². The van der Waals surface area contributed by atoms with Gasteiger partial charge >= 0.3 is 5.97 Å². The lowest BCUT2D eigenvalue weighted by molar-refractivity contribution is 0.0691. The lowest BCUT2D eigenvalue weighted by Crippen LogP contribution is -2.22. The summed E-state index contributed by atoms with van der Waals surface area (Å²) in [4.78, 5) is 13.8. The molecule has 19 heavy (non-hydrogen) atoms. The largest absolute Gasteiger partial charge is 0.477 e. The molecule has 6 nitrogen and oxygen atoms in total. The van der Waals surface area contributed by atoms with Gasteiger partial charge in [0, 0.05) is 27.5 Å². The zero-order chi connectivity index (χ0) is 14.0. The maximum Gasteiger partial charge on any atom is 0.352 e. The van der Waals surface area contributed by atoms with Gasteiger partial charge in [-0.3, -0.25) is 0 Å². The molecule has 0 bridgehead atoms. The van der Waals surface area contributed by atoms with Crippen molar-refractivity contribution in [2.24, 2.45) is 0 Å². The Hall–Kier alpha value is -1.16. The molecule has 0 atom stereocenters. The Kier molecular flexibility index (Phi) is 4.09. The van der Waals surface area contributed by atoms with Crippen LogP contribution >= 0.6 is 27.3 Å². The normalized spacial score (nSPS) is 11.6. The van der Waals surface area contributed by atoms with Crippen molar-refractivity contribution >= 4 is 43.3 Å². The van der Waals surface area contributed by atoms with Gasteiger partial charge in [0.25, 0.3) is 0 Å². The highest BCUT2D eigenvalue weighted by atomic mass is 79.9. The van der Waals surface area contributed by atoms with Gasteiger partial charge in [0.2, 0.25) is 10.0 Å². The second-order valence-electron chi connectivity index (χ2n) is 3.61. The van der Waals surface area contributed by atoms with Crippen molar-refractivity contribution in [2.75, 3.05) is 0 Å². The van der Waals surface area contributed by atoms with E-state index in [1.807, 2.05) is 11.4 Å². The first-order valence-electron chi connectivity index (χ1n) is 5.03. The fraction of sp³-hybridized carbons (Fsp3) is 0.100. The van der Waals surface area contributed by atoms with Crippen LogP contribution < -0.4 is 4.72 Å². The van der Waals surface area contributed by atoms with Crippen molar-refractivity contribution in [1.82, 2.24) is 9.71 Å². The predicted molar refractivity (Wildman–Crippen MR) is 73.8 cm³/mol. The quantitative estimate of drug-likeness (QED) is 0.755. The van der Waals surface area contributed by atoms with Gasteiger partial charge in [0.05, 0.1) is 0 Å². The molecule has 0 saturated heterocycles. The number of carboxylic acid groups (broad SMARTS) is 1. The van der Waals surface area contributed by atoms with Gasteiger partial charge in [0.1, 0.15) is 10.6 Å². The number of carbonyl (C=O) groups is 1. The summed E-state index contributed by atoms with van der Waals surface area (Å²) < 4.78 is 27.1. The predicted octanol–water partition coefficient (Wildman–Crippen LogP) is 2.02. The number of carboxylic acids is 1. The van der Waals surface area contributed by atoms with Crippen molar-refractivity contribution < 1.29 is 18.3 Å². The fourth-order valence-electron chi connectivity index (χ4n) is 1.35. The second-order valence-corrected chi connectivity index (χ2v) is 7.29. The van der Waals surface area contributed by atoms with Crippen LogP contribution in [0.4, 0.5) is 0 Å². The molecule has 3 N–H and O–H groups in total. The van der Waals surface area contributed by atoms with Crippen molar-refractivity contribution in [1.29, 1.82) is 0 Å². The molecule has 0 aliphatic heterocycles. The van der Waals surface area contributed by atoms with E-state index < -0.39 is 16.0 Å². The lowest BCUT2D eigenvalue weighted by Gasteiger charge is -2.02. The van der Waals surface area contributed by atoms with E-state index in [2.05, 4.69) is 25.6 Å². The van der Waals surface area contributed by atoms with E-state index in [1.54, 1.807) is 0 Å². The third kappa shape index (κ3) is 3.44. The van der Waals surface area contributed by atoms with Crippen LogP contribution in [0.5, 0.6) is 0 Å². The van der Waals surface area contributed by atoms with Crippen molar-refractivity contribution in [3.05, 3.63) is 38.8 Å². The molecule has 2 heterocycles. The van der Waals surface area contributed by atoms with Crippen LogP contribution in [-0.2, 0) is 16.6 Å². The number of H-pyrrole nitrogens is 1. The third-order valence-electron chi connectivity index (χ3n) is 2.26. The number of aromatic nitrogens is 1. The summed E-state index contributed by atoms with van der Waals surface area (Å²) in [5.41, 5.74) is -0.167. The third-order valence-corrected chi connectivity index (χ3v) is 5.33. The van der Waals surface area contributed by atoms with Crippen molar-refractivity contribution in [2.45, 2.75) is 11.4 Å². The Bertz CT molecular complexity index is 705. The van der Waals surface area contributed by atoms with Crippen LogP contribution in [-0.4, -0.2) is 24.5 Å². The Balaban J connectivity index is 2.11. The van der Waals surface area contributed by atoms with Crippen LogP contribution in [0.25, 0.3) is 0 Å². The highest BCUT2D eigenvalue weighted by molar-refractivity contribution is 9.10. The van der Waals surface area contributed by atoms with Crippen LogP contribution in [0, 0.1) is 0 Å². The maximum atomic E-state index is 11.9.